The average Bonchev–Trinajstić information content (AvgIpc) is 3.35. The minimum absolute atomic E-state index is 0.0942. The highest BCUT2D eigenvalue weighted by Gasteiger charge is 2.40. The Hall–Kier alpha value is -2.88. The summed E-state index contributed by atoms with van der Waals surface area (Å²) in [6.45, 7) is 0.0610. The van der Waals surface area contributed by atoms with Gasteiger partial charge >= 0.3 is 10.2 Å². The summed E-state index contributed by atoms with van der Waals surface area (Å²) in [4.78, 5) is 26.0. The largest absolute Gasteiger partial charge is 0.506 e. The second kappa shape index (κ2) is 6.56. The number of hydrogen-bond acceptors (Lipinski definition) is 5. The molecule has 3 fully saturated rings. The zero-order chi connectivity index (χ0) is 21.2. The molecule has 1 atom stereocenters. The first kappa shape index (κ1) is 19.1. The van der Waals surface area contributed by atoms with Crippen molar-refractivity contribution >= 4 is 38.5 Å². The number of likely N-dealkylation sites (tertiary alicyclic amines) is 1. The molecule has 30 heavy (non-hydrogen) atoms. The number of phenolic OH excluding ortho intramolecular Hbond substituents is 1. The van der Waals surface area contributed by atoms with E-state index in [2.05, 4.69) is 0 Å². The van der Waals surface area contributed by atoms with Crippen molar-refractivity contribution in [1.82, 2.24) is 9.62 Å². The van der Waals surface area contributed by atoms with E-state index in [1.807, 2.05) is 11.0 Å². The Kier molecular flexibility index (Phi) is 4.18. The normalized spacial score (nSPS) is 23.2. The van der Waals surface area contributed by atoms with Crippen molar-refractivity contribution in [3.63, 3.8) is 0 Å². The maximum absolute atomic E-state index is 15.4. The number of phenols is 1. The molecular weight excluding hydrogens is 413 g/mol. The highest BCUT2D eigenvalue weighted by Crippen LogP contribution is 2.42. The van der Waals surface area contributed by atoms with Crippen LogP contribution in [0.5, 0.6) is 5.75 Å². The van der Waals surface area contributed by atoms with Crippen molar-refractivity contribution in [1.29, 1.82) is 0 Å². The number of rotatable bonds is 3. The lowest BCUT2D eigenvalue weighted by Crippen LogP contribution is -2.31. The van der Waals surface area contributed by atoms with Crippen LogP contribution in [0.4, 0.5) is 10.1 Å². The van der Waals surface area contributed by atoms with Gasteiger partial charge in [-0.1, -0.05) is 12.1 Å². The van der Waals surface area contributed by atoms with E-state index >= 15 is 4.39 Å². The van der Waals surface area contributed by atoms with Gasteiger partial charge in [0.25, 0.3) is 5.91 Å². The van der Waals surface area contributed by atoms with Crippen LogP contribution in [0.2, 0.25) is 0 Å². The molecule has 2 saturated heterocycles. The van der Waals surface area contributed by atoms with Crippen molar-refractivity contribution in [2.24, 2.45) is 5.92 Å². The molecule has 158 valence electrons. The van der Waals surface area contributed by atoms with Crippen LogP contribution in [0.25, 0.3) is 10.8 Å². The Balaban J connectivity index is 1.59. The van der Waals surface area contributed by atoms with Gasteiger partial charge in [0.2, 0.25) is 5.91 Å². The second-order valence-electron chi connectivity index (χ2n) is 8.04. The fourth-order valence-electron chi connectivity index (χ4n) is 4.38. The number of amides is 2. The molecule has 2 aliphatic heterocycles. The number of aromatic hydroxyl groups is 1. The molecule has 1 saturated carbocycles. The highest BCUT2D eigenvalue weighted by molar-refractivity contribution is 7.92. The van der Waals surface area contributed by atoms with Gasteiger partial charge < -0.3 is 10.0 Å². The topological polar surface area (TPSA) is 107 Å². The molecule has 0 bridgehead atoms. The summed E-state index contributed by atoms with van der Waals surface area (Å²) in [7, 11) is -4.27. The average molecular weight is 433 g/mol. The number of carbonyl (C=O) groups excluding carboxylic acids is 2. The standard InChI is InChI=1S/C20H20FN3O5S/c21-18-14-8-13(15-2-1-7-23(15)20(27)11-3-4-11)6-5-12(14)9-16(25)19(18)24-10-17(26)22-30(24,28)29/h5-6,8-9,11,15,25H,1-4,7,10H2,(H,22,26). The summed E-state index contributed by atoms with van der Waals surface area (Å²) in [5.41, 5.74) is 0.207. The van der Waals surface area contributed by atoms with E-state index in [0.29, 0.717) is 16.2 Å². The summed E-state index contributed by atoms with van der Waals surface area (Å²) >= 11 is 0. The van der Waals surface area contributed by atoms with Crippen LogP contribution in [0.1, 0.15) is 37.3 Å². The van der Waals surface area contributed by atoms with E-state index in [1.165, 1.54) is 6.07 Å². The lowest BCUT2D eigenvalue weighted by atomic mass is 9.99. The molecular formula is C20H20FN3O5S. The molecule has 2 aromatic rings. The first-order valence-corrected chi connectivity index (χ1v) is 11.3. The minimum Gasteiger partial charge on any atom is -0.506 e. The number of hydrogen-bond donors (Lipinski definition) is 2. The quantitative estimate of drug-likeness (QED) is 0.769. The number of anilines is 1. The van der Waals surface area contributed by atoms with E-state index in [-0.39, 0.29) is 23.3 Å². The van der Waals surface area contributed by atoms with Crippen LogP contribution < -0.4 is 9.03 Å². The number of carbonyl (C=O) groups is 2. The third-order valence-electron chi connectivity index (χ3n) is 5.97. The van der Waals surface area contributed by atoms with Crippen LogP contribution in [-0.2, 0) is 19.8 Å². The van der Waals surface area contributed by atoms with Crippen LogP contribution in [-0.4, -0.2) is 43.3 Å². The van der Waals surface area contributed by atoms with Crippen molar-refractivity contribution in [3.05, 3.63) is 35.6 Å². The van der Waals surface area contributed by atoms with E-state index in [9.17, 15) is 23.1 Å². The predicted octanol–water partition coefficient (Wildman–Crippen LogP) is 1.94. The molecule has 2 amide bonds. The predicted molar refractivity (Wildman–Crippen MR) is 106 cm³/mol. The summed E-state index contributed by atoms with van der Waals surface area (Å²) in [6.07, 6.45) is 3.46. The lowest BCUT2D eigenvalue weighted by molar-refractivity contribution is -0.133. The van der Waals surface area contributed by atoms with Crippen molar-refractivity contribution in [3.8, 4) is 5.75 Å². The first-order chi connectivity index (χ1) is 14.3. The van der Waals surface area contributed by atoms with Gasteiger partial charge in [-0.25, -0.2) is 13.4 Å². The molecule has 2 N–H and O–H groups in total. The summed E-state index contributed by atoms with van der Waals surface area (Å²) in [5.74, 6) is -2.07. The fraction of sp³-hybridized carbons (Fsp3) is 0.400. The van der Waals surface area contributed by atoms with E-state index in [1.54, 1.807) is 16.9 Å². The molecule has 10 heteroatoms. The first-order valence-electron chi connectivity index (χ1n) is 9.85. The molecule has 0 spiro atoms. The van der Waals surface area contributed by atoms with Crippen LogP contribution >= 0.6 is 0 Å². The SMILES string of the molecule is O=C1CN(c2c(O)cc3ccc(C4CCCN4C(=O)C4CC4)cc3c2F)S(=O)(=O)N1. The monoisotopic (exact) mass is 433 g/mol. The smallest absolute Gasteiger partial charge is 0.326 e. The Labute approximate surface area is 172 Å². The van der Waals surface area contributed by atoms with Crippen molar-refractivity contribution < 1.29 is 27.5 Å². The summed E-state index contributed by atoms with van der Waals surface area (Å²) < 4.78 is 42.0. The molecule has 5 rings (SSSR count). The molecule has 1 aliphatic carbocycles. The second-order valence-corrected chi connectivity index (χ2v) is 9.63. The third-order valence-corrected chi connectivity index (χ3v) is 7.35. The Morgan fingerprint density at radius 2 is 1.97 bits per heavy atom. The Morgan fingerprint density at radius 3 is 2.63 bits per heavy atom. The maximum Gasteiger partial charge on any atom is 0.326 e. The summed E-state index contributed by atoms with van der Waals surface area (Å²) in [6, 6.07) is 6.18. The zero-order valence-corrected chi connectivity index (χ0v) is 16.8. The number of benzene rings is 2. The van der Waals surface area contributed by atoms with Gasteiger partial charge in [-0.15, -0.1) is 0 Å². The van der Waals surface area contributed by atoms with Crippen molar-refractivity contribution in [2.45, 2.75) is 31.7 Å². The van der Waals surface area contributed by atoms with Crippen LogP contribution in [0.3, 0.4) is 0 Å². The Bertz CT molecular complexity index is 1190. The molecule has 3 aliphatic rings. The highest BCUT2D eigenvalue weighted by atomic mass is 32.2. The molecule has 8 nitrogen and oxygen atoms in total. The number of nitrogens with zero attached hydrogens (tertiary/aromatic N) is 2. The van der Waals surface area contributed by atoms with E-state index in [0.717, 1.165) is 31.2 Å². The minimum atomic E-state index is -4.27. The molecule has 0 radical (unpaired) electrons. The molecule has 2 heterocycles. The van der Waals surface area contributed by atoms with E-state index in [4.69, 9.17) is 0 Å². The van der Waals surface area contributed by atoms with Gasteiger partial charge in [0.1, 0.15) is 18.0 Å². The summed E-state index contributed by atoms with van der Waals surface area (Å²) in [5, 5.41) is 10.8. The van der Waals surface area contributed by atoms with Crippen LogP contribution in [0.15, 0.2) is 24.3 Å². The number of fused-ring (bicyclic) bond motifs is 1. The number of halogens is 1. The van der Waals surface area contributed by atoms with Gasteiger partial charge in [-0.05, 0) is 48.8 Å². The molecule has 2 aromatic carbocycles. The van der Waals surface area contributed by atoms with Gasteiger partial charge in [0.05, 0.1) is 6.04 Å². The van der Waals surface area contributed by atoms with Gasteiger partial charge in [-0.3, -0.25) is 9.59 Å². The maximum atomic E-state index is 15.4. The Morgan fingerprint density at radius 1 is 1.20 bits per heavy atom. The van der Waals surface area contributed by atoms with Crippen LogP contribution in [0, 0.1) is 11.7 Å². The fourth-order valence-corrected chi connectivity index (χ4v) is 5.54. The number of nitrogens with one attached hydrogen (secondary N) is 1. The van der Waals surface area contributed by atoms with Gasteiger partial charge in [0.15, 0.2) is 5.82 Å². The third kappa shape index (κ3) is 2.97. The molecule has 0 aromatic heterocycles. The lowest BCUT2D eigenvalue weighted by Gasteiger charge is -2.26. The van der Waals surface area contributed by atoms with E-state index < -0.39 is 39.9 Å². The molecule has 1 unspecified atom stereocenters. The van der Waals surface area contributed by atoms with Crippen molar-refractivity contribution in [2.75, 3.05) is 17.4 Å². The van der Waals surface area contributed by atoms with Gasteiger partial charge in [-0.2, -0.15) is 8.42 Å². The van der Waals surface area contributed by atoms with Gasteiger partial charge in [0, 0.05) is 17.8 Å². The zero-order valence-electron chi connectivity index (χ0n) is 16.0.